The standard InChI is InChI=1S/C14H15FN2O/c1-10-5-4-8-17(14(10)18)9-13(16)11-6-2-3-7-12(11)15/h2-8,13H,9,16H2,1H3. The number of aryl methyl sites for hydroxylation is 1. The maximum Gasteiger partial charge on any atom is 0.253 e. The molecule has 94 valence electrons. The highest BCUT2D eigenvalue weighted by molar-refractivity contribution is 5.21. The first-order valence-corrected chi connectivity index (χ1v) is 5.75. The second-order valence-electron chi connectivity index (χ2n) is 4.28. The molecule has 18 heavy (non-hydrogen) atoms. The highest BCUT2D eigenvalue weighted by Gasteiger charge is 2.12. The van der Waals surface area contributed by atoms with Crippen molar-refractivity contribution in [1.29, 1.82) is 0 Å². The van der Waals surface area contributed by atoms with Crippen molar-refractivity contribution in [3.8, 4) is 0 Å². The Balaban J connectivity index is 2.27. The summed E-state index contributed by atoms with van der Waals surface area (Å²) in [7, 11) is 0. The molecular weight excluding hydrogens is 231 g/mol. The van der Waals surface area contributed by atoms with Gasteiger partial charge in [-0.25, -0.2) is 4.39 Å². The van der Waals surface area contributed by atoms with Crippen LogP contribution in [0.1, 0.15) is 17.2 Å². The molecule has 0 aliphatic carbocycles. The van der Waals surface area contributed by atoms with E-state index >= 15 is 0 Å². The van der Waals surface area contributed by atoms with Gasteiger partial charge in [-0.05, 0) is 19.1 Å². The molecule has 1 aromatic carbocycles. The van der Waals surface area contributed by atoms with E-state index in [1.54, 1.807) is 43.5 Å². The van der Waals surface area contributed by atoms with Gasteiger partial charge in [-0.2, -0.15) is 0 Å². The average molecular weight is 246 g/mol. The van der Waals surface area contributed by atoms with E-state index < -0.39 is 6.04 Å². The first kappa shape index (κ1) is 12.5. The van der Waals surface area contributed by atoms with Gasteiger partial charge in [-0.1, -0.05) is 24.3 Å². The first-order valence-electron chi connectivity index (χ1n) is 5.75. The van der Waals surface area contributed by atoms with Gasteiger partial charge in [0.15, 0.2) is 0 Å². The van der Waals surface area contributed by atoms with Gasteiger partial charge < -0.3 is 10.3 Å². The summed E-state index contributed by atoms with van der Waals surface area (Å²) >= 11 is 0. The first-order chi connectivity index (χ1) is 8.59. The molecule has 2 rings (SSSR count). The summed E-state index contributed by atoms with van der Waals surface area (Å²) in [6.45, 7) is 2.01. The summed E-state index contributed by atoms with van der Waals surface area (Å²) in [5, 5.41) is 0. The Hall–Kier alpha value is -1.94. The summed E-state index contributed by atoms with van der Waals surface area (Å²) in [5.74, 6) is -0.342. The van der Waals surface area contributed by atoms with E-state index in [0.717, 1.165) is 0 Å². The van der Waals surface area contributed by atoms with Crippen LogP contribution in [0.4, 0.5) is 4.39 Å². The summed E-state index contributed by atoms with van der Waals surface area (Å²) < 4.78 is 15.1. The van der Waals surface area contributed by atoms with Gasteiger partial charge in [0.2, 0.25) is 0 Å². The number of benzene rings is 1. The van der Waals surface area contributed by atoms with Crippen LogP contribution in [0.3, 0.4) is 0 Å². The fourth-order valence-electron chi connectivity index (χ4n) is 1.89. The zero-order chi connectivity index (χ0) is 13.1. The van der Waals surface area contributed by atoms with E-state index in [2.05, 4.69) is 0 Å². The Morgan fingerprint density at radius 1 is 1.28 bits per heavy atom. The van der Waals surface area contributed by atoms with Crippen LogP contribution in [0.25, 0.3) is 0 Å². The third kappa shape index (κ3) is 2.49. The third-order valence-electron chi connectivity index (χ3n) is 2.91. The number of hydrogen-bond donors (Lipinski definition) is 1. The number of halogens is 1. The van der Waals surface area contributed by atoms with Gasteiger partial charge in [0.25, 0.3) is 5.56 Å². The molecule has 4 heteroatoms. The predicted molar refractivity (Wildman–Crippen MR) is 68.8 cm³/mol. The number of nitrogens with zero attached hydrogens (tertiary/aromatic N) is 1. The smallest absolute Gasteiger partial charge is 0.253 e. The SMILES string of the molecule is Cc1cccn(CC(N)c2ccccc2F)c1=O. The topological polar surface area (TPSA) is 48.0 Å². The van der Waals surface area contributed by atoms with E-state index in [-0.39, 0.29) is 17.9 Å². The minimum atomic E-state index is -0.536. The zero-order valence-electron chi connectivity index (χ0n) is 10.1. The molecular formula is C14H15FN2O. The van der Waals surface area contributed by atoms with E-state index in [1.165, 1.54) is 10.6 Å². The zero-order valence-corrected chi connectivity index (χ0v) is 10.1. The summed E-state index contributed by atoms with van der Waals surface area (Å²) in [6, 6.07) is 9.35. The molecule has 1 unspecified atom stereocenters. The molecule has 0 spiro atoms. The molecule has 0 fully saturated rings. The van der Waals surface area contributed by atoms with Gasteiger partial charge in [0.05, 0.1) is 6.04 Å². The van der Waals surface area contributed by atoms with E-state index in [0.29, 0.717) is 11.1 Å². The van der Waals surface area contributed by atoms with Crippen molar-refractivity contribution >= 4 is 0 Å². The number of rotatable bonds is 3. The molecule has 1 atom stereocenters. The highest BCUT2D eigenvalue weighted by Crippen LogP contribution is 2.15. The van der Waals surface area contributed by atoms with Crippen LogP contribution in [0, 0.1) is 12.7 Å². The van der Waals surface area contributed by atoms with Gasteiger partial charge in [-0.15, -0.1) is 0 Å². The lowest BCUT2D eigenvalue weighted by Crippen LogP contribution is -2.27. The van der Waals surface area contributed by atoms with Gasteiger partial charge in [0.1, 0.15) is 5.82 Å². The van der Waals surface area contributed by atoms with Crippen molar-refractivity contribution in [2.45, 2.75) is 19.5 Å². The Bertz CT molecular complexity index is 607. The predicted octanol–water partition coefficient (Wildman–Crippen LogP) is 2.00. The Kier molecular flexibility index (Phi) is 3.58. The van der Waals surface area contributed by atoms with Gasteiger partial charge in [-0.3, -0.25) is 4.79 Å². The molecule has 2 aromatic rings. The fraction of sp³-hybridized carbons (Fsp3) is 0.214. The van der Waals surface area contributed by atoms with E-state index in [4.69, 9.17) is 5.73 Å². The Morgan fingerprint density at radius 2 is 2.00 bits per heavy atom. The summed E-state index contributed by atoms with van der Waals surface area (Å²) in [4.78, 5) is 11.8. The normalized spacial score (nSPS) is 12.4. The molecule has 1 aromatic heterocycles. The minimum absolute atomic E-state index is 0.0933. The van der Waals surface area contributed by atoms with Crippen LogP contribution in [0.2, 0.25) is 0 Å². The second-order valence-corrected chi connectivity index (χ2v) is 4.28. The van der Waals surface area contributed by atoms with Crippen molar-refractivity contribution in [2.75, 3.05) is 0 Å². The average Bonchev–Trinajstić information content (AvgIpc) is 2.35. The number of pyridine rings is 1. The molecule has 0 saturated carbocycles. The second kappa shape index (κ2) is 5.14. The van der Waals surface area contributed by atoms with E-state index in [1.807, 2.05) is 0 Å². The highest BCUT2D eigenvalue weighted by atomic mass is 19.1. The van der Waals surface area contributed by atoms with E-state index in [9.17, 15) is 9.18 Å². The molecule has 0 amide bonds. The summed E-state index contributed by atoms with van der Waals surface area (Å²) in [5.41, 5.74) is 6.93. The van der Waals surface area contributed by atoms with Crippen LogP contribution >= 0.6 is 0 Å². The van der Waals surface area contributed by atoms with Crippen molar-refractivity contribution in [2.24, 2.45) is 5.73 Å². The molecule has 0 bridgehead atoms. The lowest BCUT2D eigenvalue weighted by molar-refractivity contribution is 0.522. The molecule has 0 aliphatic heterocycles. The van der Waals surface area contributed by atoms with Crippen LogP contribution in [-0.2, 0) is 6.54 Å². The number of nitrogens with two attached hydrogens (primary N) is 1. The minimum Gasteiger partial charge on any atom is -0.322 e. The maximum atomic E-state index is 13.6. The molecule has 0 saturated heterocycles. The quantitative estimate of drug-likeness (QED) is 0.900. The van der Waals surface area contributed by atoms with Gasteiger partial charge >= 0.3 is 0 Å². The monoisotopic (exact) mass is 246 g/mol. The Morgan fingerprint density at radius 3 is 2.72 bits per heavy atom. The molecule has 0 aliphatic rings. The number of hydrogen-bond acceptors (Lipinski definition) is 2. The van der Waals surface area contributed by atoms with Crippen molar-refractivity contribution < 1.29 is 4.39 Å². The number of aromatic nitrogens is 1. The van der Waals surface area contributed by atoms with Crippen molar-refractivity contribution in [3.63, 3.8) is 0 Å². The summed E-state index contributed by atoms with van der Waals surface area (Å²) in [6.07, 6.45) is 1.66. The lowest BCUT2D eigenvalue weighted by Gasteiger charge is -2.15. The molecule has 0 radical (unpaired) electrons. The molecule has 2 N–H and O–H groups in total. The largest absolute Gasteiger partial charge is 0.322 e. The lowest BCUT2D eigenvalue weighted by atomic mass is 10.1. The molecule has 3 nitrogen and oxygen atoms in total. The van der Waals surface area contributed by atoms with Crippen molar-refractivity contribution in [3.05, 3.63) is 69.9 Å². The van der Waals surface area contributed by atoms with Crippen LogP contribution in [0.5, 0.6) is 0 Å². The molecule has 1 heterocycles. The van der Waals surface area contributed by atoms with Crippen LogP contribution in [0.15, 0.2) is 47.4 Å². The van der Waals surface area contributed by atoms with Crippen LogP contribution < -0.4 is 11.3 Å². The maximum absolute atomic E-state index is 13.6. The third-order valence-corrected chi connectivity index (χ3v) is 2.91. The van der Waals surface area contributed by atoms with Crippen LogP contribution in [-0.4, -0.2) is 4.57 Å². The van der Waals surface area contributed by atoms with Crippen molar-refractivity contribution in [1.82, 2.24) is 4.57 Å². The fourth-order valence-corrected chi connectivity index (χ4v) is 1.89. The van der Waals surface area contributed by atoms with Gasteiger partial charge in [0, 0.05) is 23.9 Å². The Labute approximate surface area is 105 Å².